The van der Waals surface area contributed by atoms with Crippen molar-refractivity contribution in [1.29, 1.82) is 0 Å². The number of hydrogen-bond acceptors (Lipinski definition) is 2. The van der Waals surface area contributed by atoms with Gasteiger partial charge in [0.25, 0.3) is 0 Å². The van der Waals surface area contributed by atoms with E-state index in [0.29, 0.717) is 11.6 Å². The molecule has 0 radical (unpaired) electrons. The van der Waals surface area contributed by atoms with Crippen LogP contribution in [0.15, 0.2) is 24.3 Å². The first-order chi connectivity index (χ1) is 7.91. The molecular formula is C13H19ClN2O. The summed E-state index contributed by atoms with van der Waals surface area (Å²) in [4.78, 5) is 13.7. The molecule has 0 unspecified atom stereocenters. The smallest absolute Gasteiger partial charge is 0.239 e. The van der Waals surface area contributed by atoms with E-state index in [1.807, 2.05) is 38.1 Å². The third kappa shape index (κ3) is 4.02. The predicted molar refractivity (Wildman–Crippen MR) is 70.8 cm³/mol. The summed E-state index contributed by atoms with van der Waals surface area (Å²) < 4.78 is 0. The van der Waals surface area contributed by atoms with Gasteiger partial charge in [-0.3, -0.25) is 4.79 Å². The molecule has 0 bridgehead atoms. The van der Waals surface area contributed by atoms with E-state index in [1.165, 1.54) is 0 Å². The van der Waals surface area contributed by atoms with Crippen molar-refractivity contribution in [2.75, 3.05) is 0 Å². The molecule has 17 heavy (non-hydrogen) atoms. The van der Waals surface area contributed by atoms with Crippen molar-refractivity contribution >= 4 is 17.5 Å². The number of benzene rings is 1. The summed E-state index contributed by atoms with van der Waals surface area (Å²) in [6, 6.07) is 7.16. The highest BCUT2D eigenvalue weighted by Crippen LogP contribution is 2.14. The van der Waals surface area contributed by atoms with Gasteiger partial charge in [-0.15, -0.1) is 0 Å². The minimum atomic E-state index is -0.475. The van der Waals surface area contributed by atoms with Gasteiger partial charge in [-0.25, -0.2) is 0 Å². The van der Waals surface area contributed by atoms with Gasteiger partial charge in [-0.1, -0.05) is 23.7 Å². The van der Waals surface area contributed by atoms with Crippen molar-refractivity contribution in [3.63, 3.8) is 0 Å². The van der Waals surface area contributed by atoms with Crippen LogP contribution >= 0.6 is 11.6 Å². The van der Waals surface area contributed by atoms with Crippen molar-refractivity contribution in [2.45, 2.75) is 39.4 Å². The van der Waals surface area contributed by atoms with Crippen molar-refractivity contribution in [3.8, 4) is 0 Å². The Balaban J connectivity index is 2.84. The van der Waals surface area contributed by atoms with Crippen LogP contribution in [0.4, 0.5) is 0 Å². The zero-order valence-electron chi connectivity index (χ0n) is 10.5. The van der Waals surface area contributed by atoms with Gasteiger partial charge in [0, 0.05) is 17.6 Å². The number of carbonyl (C=O) groups excluding carboxylic acids is 1. The summed E-state index contributed by atoms with van der Waals surface area (Å²) in [5, 5.41) is 0.680. The van der Waals surface area contributed by atoms with Gasteiger partial charge in [0.15, 0.2) is 0 Å². The Bertz CT molecular complexity index is 391. The van der Waals surface area contributed by atoms with Crippen LogP contribution in [0.2, 0.25) is 5.02 Å². The van der Waals surface area contributed by atoms with Crippen LogP contribution in [0.3, 0.4) is 0 Å². The molecule has 3 nitrogen and oxygen atoms in total. The van der Waals surface area contributed by atoms with Crippen LogP contribution in [0.25, 0.3) is 0 Å². The molecule has 0 saturated carbocycles. The van der Waals surface area contributed by atoms with Gasteiger partial charge < -0.3 is 10.6 Å². The van der Waals surface area contributed by atoms with E-state index in [2.05, 4.69) is 0 Å². The molecule has 2 N–H and O–H groups in total. The van der Waals surface area contributed by atoms with E-state index in [4.69, 9.17) is 17.3 Å². The second-order valence-electron chi connectivity index (χ2n) is 4.48. The second kappa shape index (κ2) is 6.03. The normalized spacial score (nSPS) is 12.6. The number of amides is 1. The standard InChI is InChI=1S/C13H19ClN2O/c1-9(2)16(13(17)10(3)15)8-11-5-4-6-12(14)7-11/h4-7,9-10H,8,15H2,1-3H3/t10-/m0/s1. The molecule has 1 aromatic rings. The lowest BCUT2D eigenvalue weighted by Gasteiger charge is -2.28. The third-order valence-corrected chi connectivity index (χ3v) is 2.77. The molecule has 0 aromatic heterocycles. The maximum absolute atomic E-state index is 11.9. The summed E-state index contributed by atoms with van der Waals surface area (Å²) in [6.45, 7) is 6.20. The van der Waals surface area contributed by atoms with Crippen molar-refractivity contribution in [3.05, 3.63) is 34.9 Å². The minimum Gasteiger partial charge on any atom is -0.335 e. The van der Waals surface area contributed by atoms with Crippen LogP contribution < -0.4 is 5.73 Å². The first-order valence-corrected chi connectivity index (χ1v) is 6.10. The number of nitrogens with zero attached hydrogens (tertiary/aromatic N) is 1. The monoisotopic (exact) mass is 254 g/mol. The van der Waals surface area contributed by atoms with Gasteiger partial charge in [0.05, 0.1) is 6.04 Å². The van der Waals surface area contributed by atoms with Crippen LogP contribution in [-0.2, 0) is 11.3 Å². The lowest BCUT2D eigenvalue weighted by atomic mass is 10.1. The number of rotatable bonds is 4. The van der Waals surface area contributed by atoms with Crippen molar-refractivity contribution < 1.29 is 4.79 Å². The molecule has 1 aromatic carbocycles. The zero-order valence-corrected chi connectivity index (χ0v) is 11.2. The molecule has 0 aliphatic rings. The second-order valence-corrected chi connectivity index (χ2v) is 4.91. The SMILES string of the molecule is CC(C)N(Cc1cccc(Cl)c1)C(=O)[C@H](C)N. The Kier molecular flexibility index (Phi) is 4.97. The lowest BCUT2D eigenvalue weighted by Crippen LogP contribution is -2.45. The summed E-state index contributed by atoms with van der Waals surface area (Å²) in [5.41, 5.74) is 6.65. The van der Waals surface area contributed by atoms with Crippen molar-refractivity contribution in [2.24, 2.45) is 5.73 Å². The van der Waals surface area contributed by atoms with E-state index in [-0.39, 0.29) is 11.9 Å². The largest absolute Gasteiger partial charge is 0.335 e. The molecule has 1 atom stereocenters. The third-order valence-electron chi connectivity index (χ3n) is 2.54. The Labute approximate surface area is 108 Å². The highest BCUT2D eigenvalue weighted by Gasteiger charge is 2.20. The van der Waals surface area contributed by atoms with Gasteiger partial charge in [0.2, 0.25) is 5.91 Å². The first-order valence-electron chi connectivity index (χ1n) is 5.72. The Hall–Kier alpha value is -1.06. The maximum atomic E-state index is 11.9. The summed E-state index contributed by atoms with van der Waals surface area (Å²) >= 11 is 5.92. The molecule has 4 heteroatoms. The maximum Gasteiger partial charge on any atom is 0.239 e. The van der Waals surface area contributed by atoms with Gasteiger partial charge in [0.1, 0.15) is 0 Å². The molecule has 0 saturated heterocycles. The molecule has 0 fully saturated rings. The van der Waals surface area contributed by atoms with Gasteiger partial charge in [-0.2, -0.15) is 0 Å². The quantitative estimate of drug-likeness (QED) is 0.897. The van der Waals surface area contributed by atoms with E-state index in [1.54, 1.807) is 11.8 Å². The molecule has 94 valence electrons. The Morgan fingerprint density at radius 3 is 2.53 bits per heavy atom. The summed E-state index contributed by atoms with van der Waals surface area (Å²) in [5.74, 6) is -0.0417. The zero-order chi connectivity index (χ0) is 13.0. The fourth-order valence-electron chi connectivity index (χ4n) is 1.61. The predicted octanol–water partition coefficient (Wildman–Crippen LogP) is 2.42. The molecule has 0 heterocycles. The highest BCUT2D eigenvalue weighted by molar-refractivity contribution is 6.30. The Morgan fingerprint density at radius 2 is 2.06 bits per heavy atom. The van der Waals surface area contributed by atoms with Crippen LogP contribution in [0, 0.1) is 0 Å². The van der Waals surface area contributed by atoms with E-state index < -0.39 is 6.04 Å². The fraction of sp³-hybridized carbons (Fsp3) is 0.462. The summed E-state index contributed by atoms with van der Waals surface area (Å²) in [6.07, 6.45) is 0. The molecule has 1 rings (SSSR count). The van der Waals surface area contributed by atoms with Crippen LogP contribution in [-0.4, -0.2) is 22.9 Å². The molecule has 0 aliphatic heterocycles. The van der Waals surface area contributed by atoms with Crippen LogP contribution in [0.5, 0.6) is 0 Å². The van der Waals surface area contributed by atoms with Crippen molar-refractivity contribution in [1.82, 2.24) is 4.90 Å². The number of carbonyl (C=O) groups is 1. The van der Waals surface area contributed by atoms with E-state index in [9.17, 15) is 4.79 Å². The molecule has 0 aliphatic carbocycles. The van der Waals surface area contributed by atoms with Gasteiger partial charge >= 0.3 is 0 Å². The first kappa shape index (κ1) is 14.0. The average Bonchev–Trinajstić information content (AvgIpc) is 2.24. The van der Waals surface area contributed by atoms with E-state index in [0.717, 1.165) is 5.56 Å². The van der Waals surface area contributed by atoms with Gasteiger partial charge in [-0.05, 0) is 38.5 Å². The lowest BCUT2D eigenvalue weighted by molar-refractivity contribution is -0.134. The molecule has 1 amide bonds. The molecule has 0 spiro atoms. The topological polar surface area (TPSA) is 46.3 Å². The fourth-order valence-corrected chi connectivity index (χ4v) is 1.82. The summed E-state index contributed by atoms with van der Waals surface area (Å²) in [7, 11) is 0. The number of hydrogen-bond donors (Lipinski definition) is 1. The molecular weight excluding hydrogens is 236 g/mol. The average molecular weight is 255 g/mol. The highest BCUT2D eigenvalue weighted by atomic mass is 35.5. The van der Waals surface area contributed by atoms with E-state index >= 15 is 0 Å². The number of halogens is 1. The van der Waals surface area contributed by atoms with Crippen LogP contribution in [0.1, 0.15) is 26.3 Å². The Morgan fingerprint density at radius 1 is 1.41 bits per heavy atom. The number of nitrogens with two attached hydrogens (primary N) is 1. The minimum absolute atomic E-state index is 0.0417.